The van der Waals surface area contributed by atoms with Crippen LogP contribution in [0.4, 0.5) is 0 Å². The van der Waals surface area contributed by atoms with Crippen molar-refractivity contribution in [3.05, 3.63) is 35.4 Å². The molecule has 1 N–H and O–H groups in total. The lowest BCUT2D eigenvalue weighted by molar-refractivity contribution is 0.0782. The van der Waals surface area contributed by atoms with E-state index in [1.54, 1.807) is 0 Å². The summed E-state index contributed by atoms with van der Waals surface area (Å²) in [6, 6.07) is 9.38. The van der Waals surface area contributed by atoms with Gasteiger partial charge in [0.05, 0.1) is 6.10 Å². The van der Waals surface area contributed by atoms with Gasteiger partial charge in [0, 0.05) is 18.6 Å². The van der Waals surface area contributed by atoms with Crippen LogP contribution in [-0.2, 0) is 11.2 Å². The average Bonchev–Trinajstić information content (AvgIpc) is 2.88. The highest BCUT2D eigenvalue weighted by molar-refractivity contribution is 5.27. The van der Waals surface area contributed by atoms with Gasteiger partial charge in [-0.3, -0.25) is 0 Å². The first-order chi connectivity index (χ1) is 8.80. The lowest BCUT2D eigenvalue weighted by Crippen LogP contribution is -2.30. The summed E-state index contributed by atoms with van der Waals surface area (Å²) in [6.07, 6.45) is 3.78. The minimum absolute atomic E-state index is 0.410. The van der Waals surface area contributed by atoms with E-state index in [9.17, 15) is 0 Å². The largest absolute Gasteiger partial charge is 0.378 e. The molecule has 1 aromatic carbocycles. The minimum Gasteiger partial charge on any atom is -0.378 e. The fourth-order valence-corrected chi connectivity index (χ4v) is 3.10. The first-order valence-electron chi connectivity index (χ1n) is 7.17. The molecule has 2 heteroatoms. The van der Waals surface area contributed by atoms with Gasteiger partial charge in [-0.2, -0.15) is 0 Å². The van der Waals surface area contributed by atoms with Gasteiger partial charge in [0.15, 0.2) is 0 Å². The number of nitrogens with one attached hydrogen (secondary N) is 1. The second-order valence-corrected chi connectivity index (χ2v) is 5.13. The van der Waals surface area contributed by atoms with Crippen molar-refractivity contribution in [1.29, 1.82) is 0 Å². The lowest BCUT2D eigenvalue weighted by atomic mass is 9.86. The zero-order chi connectivity index (χ0) is 13.0. The molecular formula is C16H25NO. The van der Waals surface area contributed by atoms with Crippen molar-refractivity contribution in [2.24, 2.45) is 5.92 Å². The van der Waals surface area contributed by atoms with E-state index in [-0.39, 0.29) is 0 Å². The second-order valence-electron chi connectivity index (χ2n) is 5.13. The summed E-state index contributed by atoms with van der Waals surface area (Å²) in [5.74, 6) is 0.604. The molecule has 2 nitrogen and oxygen atoms in total. The number of ether oxygens (including phenoxy) is 1. The van der Waals surface area contributed by atoms with Crippen LogP contribution in [-0.4, -0.2) is 19.8 Å². The van der Waals surface area contributed by atoms with Crippen LogP contribution < -0.4 is 5.32 Å². The monoisotopic (exact) mass is 247 g/mol. The quantitative estimate of drug-likeness (QED) is 0.862. The van der Waals surface area contributed by atoms with Crippen molar-refractivity contribution >= 4 is 0 Å². The minimum atomic E-state index is 0.410. The molecule has 1 aliphatic rings. The first kappa shape index (κ1) is 13.6. The van der Waals surface area contributed by atoms with Crippen molar-refractivity contribution in [2.75, 3.05) is 13.7 Å². The van der Waals surface area contributed by atoms with Crippen molar-refractivity contribution in [3.63, 3.8) is 0 Å². The van der Waals surface area contributed by atoms with E-state index in [4.69, 9.17) is 4.74 Å². The molecule has 3 unspecified atom stereocenters. The highest BCUT2D eigenvalue weighted by Crippen LogP contribution is 2.34. The third kappa shape index (κ3) is 2.76. The molecule has 0 aromatic heterocycles. The van der Waals surface area contributed by atoms with Gasteiger partial charge < -0.3 is 10.1 Å². The number of hydrogen-bond donors (Lipinski definition) is 1. The van der Waals surface area contributed by atoms with Gasteiger partial charge in [-0.1, -0.05) is 38.1 Å². The topological polar surface area (TPSA) is 21.3 Å². The molecule has 0 spiro atoms. The maximum Gasteiger partial charge on any atom is 0.0619 e. The van der Waals surface area contributed by atoms with Crippen LogP contribution in [0.25, 0.3) is 0 Å². The van der Waals surface area contributed by atoms with Crippen LogP contribution in [0.1, 0.15) is 43.9 Å². The van der Waals surface area contributed by atoms with Crippen LogP contribution >= 0.6 is 0 Å². The number of rotatable bonds is 5. The summed E-state index contributed by atoms with van der Waals surface area (Å²) in [5, 5.41) is 3.50. The highest BCUT2D eigenvalue weighted by atomic mass is 16.5. The molecule has 0 amide bonds. The second kappa shape index (κ2) is 6.35. The van der Waals surface area contributed by atoms with Crippen LogP contribution in [0, 0.1) is 5.92 Å². The van der Waals surface area contributed by atoms with Crippen LogP contribution in [0.5, 0.6) is 0 Å². The molecule has 0 saturated carbocycles. The van der Waals surface area contributed by atoms with Crippen molar-refractivity contribution in [2.45, 2.75) is 45.3 Å². The molecule has 1 aliphatic heterocycles. The predicted molar refractivity (Wildman–Crippen MR) is 75.8 cm³/mol. The van der Waals surface area contributed by atoms with Gasteiger partial charge in [-0.15, -0.1) is 0 Å². The Balaban J connectivity index is 2.21. The third-order valence-corrected chi connectivity index (χ3v) is 4.12. The van der Waals surface area contributed by atoms with E-state index in [1.165, 1.54) is 17.5 Å². The number of aryl methyl sites for hydroxylation is 1. The van der Waals surface area contributed by atoms with Crippen molar-refractivity contribution < 1.29 is 4.74 Å². The summed E-state index contributed by atoms with van der Waals surface area (Å²) in [6.45, 7) is 5.34. The van der Waals surface area contributed by atoms with E-state index in [1.807, 2.05) is 0 Å². The Hall–Kier alpha value is -0.860. The van der Waals surface area contributed by atoms with Gasteiger partial charge >= 0.3 is 0 Å². The van der Waals surface area contributed by atoms with Crippen LogP contribution in [0.2, 0.25) is 0 Å². The Morgan fingerprint density at radius 3 is 2.89 bits per heavy atom. The van der Waals surface area contributed by atoms with Gasteiger partial charge in [-0.25, -0.2) is 0 Å². The number of hydrogen-bond acceptors (Lipinski definition) is 2. The normalized spacial score (nSPS) is 25.3. The average molecular weight is 247 g/mol. The molecule has 18 heavy (non-hydrogen) atoms. The van der Waals surface area contributed by atoms with E-state index in [0.29, 0.717) is 18.1 Å². The van der Waals surface area contributed by atoms with Gasteiger partial charge in [0.2, 0.25) is 0 Å². The maximum atomic E-state index is 5.84. The van der Waals surface area contributed by atoms with Crippen LogP contribution in [0.15, 0.2) is 24.3 Å². The third-order valence-electron chi connectivity index (χ3n) is 4.12. The zero-order valence-electron chi connectivity index (χ0n) is 11.8. The maximum absolute atomic E-state index is 5.84. The first-order valence-corrected chi connectivity index (χ1v) is 7.17. The fourth-order valence-electron chi connectivity index (χ4n) is 3.10. The molecule has 0 radical (unpaired) electrons. The standard InChI is InChI=1S/C16H25NO/c1-4-12-7-6-8-13(11-12)16(17-3)14-9-10-18-15(14)5-2/h6-8,11,14-17H,4-5,9-10H2,1-3H3. The molecule has 0 bridgehead atoms. The van der Waals surface area contributed by atoms with Gasteiger partial charge in [0.25, 0.3) is 0 Å². The Kier molecular flexibility index (Phi) is 4.79. The predicted octanol–water partition coefficient (Wildman–Crippen LogP) is 3.32. The molecule has 3 atom stereocenters. The molecule has 1 saturated heterocycles. The summed E-state index contributed by atoms with van der Waals surface area (Å²) in [5.41, 5.74) is 2.82. The molecule has 2 rings (SSSR count). The van der Waals surface area contributed by atoms with Crippen molar-refractivity contribution in [3.8, 4) is 0 Å². The lowest BCUT2D eigenvalue weighted by Gasteiger charge is -2.27. The van der Waals surface area contributed by atoms with Gasteiger partial charge in [0.1, 0.15) is 0 Å². The van der Waals surface area contributed by atoms with E-state index in [2.05, 4.69) is 50.5 Å². The highest BCUT2D eigenvalue weighted by Gasteiger charge is 2.33. The smallest absolute Gasteiger partial charge is 0.0619 e. The van der Waals surface area contributed by atoms with Crippen molar-refractivity contribution in [1.82, 2.24) is 5.32 Å². The summed E-state index contributed by atoms with van der Waals surface area (Å²) >= 11 is 0. The Labute approximate surface area is 111 Å². The Bertz CT molecular complexity index is 377. The van der Waals surface area contributed by atoms with Gasteiger partial charge in [-0.05, 0) is 37.4 Å². The van der Waals surface area contributed by atoms with E-state index in [0.717, 1.165) is 19.4 Å². The Morgan fingerprint density at radius 1 is 1.39 bits per heavy atom. The number of benzene rings is 1. The van der Waals surface area contributed by atoms with E-state index >= 15 is 0 Å². The molecule has 1 aromatic rings. The molecule has 1 heterocycles. The summed E-state index contributed by atoms with van der Waals surface area (Å²) < 4.78 is 5.84. The van der Waals surface area contributed by atoms with E-state index < -0.39 is 0 Å². The Morgan fingerprint density at radius 2 is 2.22 bits per heavy atom. The zero-order valence-corrected chi connectivity index (χ0v) is 11.8. The summed E-state index contributed by atoms with van der Waals surface area (Å²) in [7, 11) is 2.06. The molecule has 100 valence electrons. The molecular weight excluding hydrogens is 222 g/mol. The van der Waals surface area contributed by atoms with Crippen LogP contribution in [0.3, 0.4) is 0 Å². The summed E-state index contributed by atoms with van der Waals surface area (Å²) in [4.78, 5) is 0. The molecule has 1 fully saturated rings. The molecule has 0 aliphatic carbocycles. The SMILES string of the molecule is CCc1cccc(C(NC)C2CCOC2CC)c1. The fraction of sp³-hybridized carbons (Fsp3) is 0.625.